The van der Waals surface area contributed by atoms with Gasteiger partial charge < -0.3 is 0 Å². The van der Waals surface area contributed by atoms with Gasteiger partial charge in [-0.15, -0.1) is 0 Å². The number of hydrogen-bond donors (Lipinski definition) is 1. The average Bonchev–Trinajstić information content (AvgIpc) is 2.47. The van der Waals surface area contributed by atoms with Gasteiger partial charge in [-0.2, -0.15) is 0 Å². The van der Waals surface area contributed by atoms with Gasteiger partial charge in [-0.3, -0.25) is 4.72 Å². The largest absolute Gasteiger partial charge is 0.263 e. The fraction of sp³-hybridized carbons (Fsp3) is 0.267. The Morgan fingerprint density at radius 1 is 1.15 bits per heavy atom. The summed E-state index contributed by atoms with van der Waals surface area (Å²) in [6.07, 6.45) is 2.57. The smallest absolute Gasteiger partial charge is 0.263 e. The van der Waals surface area contributed by atoms with Crippen LogP contribution in [0, 0.1) is 0 Å². The van der Waals surface area contributed by atoms with Crippen LogP contribution in [0.25, 0.3) is 0 Å². The minimum Gasteiger partial charge on any atom is -0.263 e. The number of rotatable bonds is 5. The SMILES string of the molecule is CC[C@@H](C)c1ccc(S(=O)(=O)Nc2ccccn2)cc1. The number of sulfonamides is 1. The third kappa shape index (κ3) is 3.36. The van der Waals surface area contributed by atoms with Crippen molar-refractivity contribution in [2.45, 2.75) is 31.1 Å². The maximum Gasteiger partial charge on any atom is 0.263 e. The molecule has 1 N–H and O–H groups in total. The molecule has 20 heavy (non-hydrogen) atoms. The molecule has 1 aromatic carbocycles. The molecule has 0 aliphatic rings. The molecular formula is C15H18N2O2S. The van der Waals surface area contributed by atoms with Gasteiger partial charge in [0.2, 0.25) is 0 Å². The average molecular weight is 290 g/mol. The molecule has 0 bridgehead atoms. The van der Waals surface area contributed by atoms with E-state index in [1.54, 1.807) is 36.5 Å². The standard InChI is InChI=1S/C15H18N2O2S/c1-3-12(2)13-7-9-14(10-8-13)20(18,19)17-15-6-4-5-11-16-15/h4-12H,3H2,1-2H3,(H,16,17)/t12-/m1/s1. The van der Waals surface area contributed by atoms with Crippen LogP contribution in [0.3, 0.4) is 0 Å². The predicted molar refractivity (Wildman–Crippen MR) is 80.2 cm³/mol. The zero-order chi connectivity index (χ0) is 14.6. The van der Waals surface area contributed by atoms with E-state index >= 15 is 0 Å². The molecule has 0 aliphatic carbocycles. The molecule has 0 aliphatic heterocycles. The van der Waals surface area contributed by atoms with Crippen molar-refractivity contribution in [2.75, 3.05) is 4.72 Å². The monoisotopic (exact) mass is 290 g/mol. The van der Waals surface area contributed by atoms with Crippen LogP contribution in [0.4, 0.5) is 5.82 Å². The normalized spacial score (nSPS) is 12.9. The summed E-state index contributed by atoms with van der Waals surface area (Å²) in [5, 5.41) is 0. The minimum atomic E-state index is -3.58. The van der Waals surface area contributed by atoms with Gasteiger partial charge in [-0.05, 0) is 42.2 Å². The summed E-state index contributed by atoms with van der Waals surface area (Å²) >= 11 is 0. The first-order valence-corrected chi connectivity index (χ1v) is 8.05. The van der Waals surface area contributed by atoms with Crippen LogP contribution < -0.4 is 4.72 Å². The van der Waals surface area contributed by atoms with Crippen molar-refractivity contribution in [1.29, 1.82) is 0 Å². The molecule has 1 atom stereocenters. The molecular weight excluding hydrogens is 272 g/mol. The summed E-state index contributed by atoms with van der Waals surface area (Å²) < 4.78 is 26.9. The number of aromatic nitrogens is 1. The quantitative estimate of drug-likeness (QED) is 0.918. The first-order valence-electron chi connectivity index (χ1n) is 6.56. The highest BCUT2D eigenvalue weighted by Crippen LogP contribution is 2.21. The van der Waals surface area contributed by atoms with Crippen LogP contribution >= 0.6 is 0 Å². The Morgan fingerprint density at radius 2 is 1.85 bits per heavy atom. The van der Waals surface area contributed by atoms with E-state index < -0.39 is 10.0 Å². The highest BCUT2D eigenvalue weighted by Gasteiger charge is 2.15. The van der Waals surface area contributed by atoms with Gasteiger partial charge in [0.15, 0.2) is 0 Å². The summed E-state index contributed by atoms with van der Waals surface area (Å²) in [6, 6.07) is 12.1. The van der Waals surface area contributed by atoms with Gasteiger partial charge in [0.1, 0.15) is 5.82 Å². The van der Waals surface area contributed by atoms with Crippen molar-refractivity contribution in [3.63, 3.8) is 0 Å². The fourth-order valence-electron chi connectivity index (χ4n) is 1.83. The summed E-state index contributed by atoms with van der Waals surface area (Å²) in [7, 11) is -3.58. The van der Waals surface area contributed by atoms with Crippen LogP contribution in [0.15, 0.2) is 53.6 Å². The summed E-state index contributed by atoms with van der Waals surface area (Å²) in [5.41, 5.74) is 1.14. The molecule has 0 radical (unpaired) electrons. The lowest BCUT2D eigenvalue weighted by Crippen LogP contribution is -2.13. The second-order valence-corrected chi connectivity index (χ2v) is 6.38. The van der Waals surface area contributed by atoms with Gasteiger partial charge in [0.05, 0.1) is 4.90 Å². The Balaban J connectivity index is 2.22. The van der Waals surface area contributed by atoms with Gasteiger partial charge in [-0.25, -0.2) is 13.4 Å². The van der Waals surface area contributed by atoms with E-state index in [1.807, 2.05) is 12.1 Å². The predicted octanol–water partition coefficient (Wildman–Crippen LogP) is 3.40. The maximum atomic E-state index is 12.2. The van der Waals surface area contributed by atoms with Crippen molar-refractivity contribution in [2.24, 2.45) is 0 Å². The van der Waals surface area contributed by atoms with E-state index in [9.17, 15) is 8.42 Å². The third-order valence-electron chi connectivity index (χ3n) is 3.28. The second kappa shape index (κ2) is 6.05. The molecule has 0 saturated carbocycles. The molecule has 4 nitrogen and oxygen atoms in total. The van der Waals surface area contributed by atoms with Gasteiger partial charge in [0.25, 0.3) is 10.0 Å². The van der Waals surface area contributed by atoms with E-state index in [0.29, 0.717) is 11.7 Å². The molecule has 0 unspecified atom stereocenters. The first kappa shape index (κ1) is 14.5. The molecule has 0 spiro atoms. The second-order valence-electron chi connectivity index (χ2n) is 4.70. The van der Waals surface area contributed by atoms with Crippen molar-refractivity contribution < 1.29 is 8.42 Å². The molecule has 106 valence electrons. The molecule has 2 aromatic rings. The molecule has 0 amide bonds. The van der Waals surface area contributed by atoms with E-state index in [0.717, 1.165) is 12.0 Å². The molecule has 5 heteroatoms. The van der Waals surface area contributed by atoms with Gasteiger partial charge in [0, 0.05) is 6.20 Å². The number of hydrogen-bond acceptors (Lipinski definition) is 3. The highest BCUT2D eigenvalue weighted by molar-refractivity contribution is 7.92. The van der Waals surface area contributed by atoms with Gasteiger partial charge in [-0.1, -0.05) is 32.0 Å². The van der Waals surface area contributed by atoms with Crippen LogP contribution in [0.5, 0.6) is 0 Å². The Bertz CT molecular complexity index is 652. The molecule has 1 heterocycles. The van der Waals surface area contributed by atoms with E-state index in [-0.39, 0.29) is 4.90 Å². The van der Waals surface area contributed by atoms with E-state index in [4.69, 9.17) is 0 Å². The fourth-order valence-corrected chi connectivity index (χ4v) is 2.84. The lowest BCUT2D eigenvalue weighted by atomic mass is 9.99. The van der Waals surface area contributed by atoms with Crippen molar-refractivity contribution in [3.8, 4) is 0 Å². The number of nitrogens with one attached hydrogen (secondary N) is 1. The lowest BCUT2D eigenvalue weighted by molar-refractivity contribution is 0.601. The Kier molecular flexibility index (Phi) is 4.39. The highest BCUT2D eigenvalue weighted by atomic mass is 32.2. The Labute approximate surface area is 119 Å². The Hall–Kier alpha value is -1.88. The number of pyridine rings is 1. The summed E-state index contributed by atoms with van der Waals surface area (Å²) in [4.78, 5) is 4.20. The number of nitrogens with zero attached hydrogens (tertiary/aromatic N) is 1. The van der Waals surface area contributed by atoms with Crippen molar-refractivity contribution in [3.05, 3.63) is 54.2 Å². The van der Waals surface area contributed by atoms with E-state index in [2.05, 4.69) is 23.6 Å². The summed E-state index contributed by atoms with van der Waals surface area (Å²) in [5.74, 6) is 0.744. The number of benzene rings is 1. The molecule has 0 saturated heterocycles. The minimum absolute atomic E-state index is 0.246. The molecule has 2 rings (SSSR count). The van der Waals surface area contributed by atoms with Crippen LogP contribution in [-0.4, -0.2) is 13.4 Å². The van der Waals surface area contributed by atoms with Crippen LogP contribution in [0.2, 0.25) is 0 Å². The van der Waals surface area contributed by atoms with Gasteiger partial charge >= 0.3 is 0 Å². The maximum absolute atomic E-state index is 12.2. The van der Waals surface area contributed by atoms with Crippen molar-refractivity contribution in [1.82, 2.24) is 4.98 Å². The lowest BCUT2D eigenvalue weighted by Gasteiger charge is -2.11. The Morgan fingerprint density at radius 3 is 2.40 bits per heavy atom. The van der Waals surface area contributed by atoms with E-state index in [1.165, 1.54) is 0 Å². The first-order chi connectivity index (χ1) is 9.53. The molecule has 1 aromatic heterocycles. The zero-order valence-corrected chi connectivity index (χ0v) is 12.4. The molecule has 0 fully saturated rings. The number of anilines is 1. The summed E-state index contributed by atoms with van der Waals surface area (Å²) in [6.45, 7) is 4.23. The van der Waals surface area contributed by atoms with Crippen LogP contribution in [-0.2, 0) is 10.0 Å². The zero-order valence-electron chi connectivity index (χ0n) is 11.6. The third-order valence-corrected chi connectivity index (χ3v) is 4.65. The topological polar surface area (TPSA) is 59.1 Å². The van der Waals surface area contributed by atoms with Crippen LogP contribution in [0.1, 0.15) is 31.7 Å². The van der Waals surface area contributed by atoms with Crippen molar-refractivity contribution >= 4 is 15.8 Å².